The Bertz CT molecular complexity index is 1010. The summed E-state index contributed by atoms with van der Waals surface area (Å²) < 4.78 is 29.2. The van der Waals surface area contributed by atoms with E-state index in [2.05, 4.69) is 31.2 Å². The van der Waals surface area contributed by atoms with Crippen LogP contribution in [-0.4, -0.2) is 14.6 Å². The highest BCUT2D eigenvalue weighted by Crippen LogP contribution is 2.44. The van der Waals surface area contributed by atoms with E-state index in [-0.39, 0.29) is 10.3 Å². The van der Waals surface area contributed by atoms with Crippen LogP contribution in [0.15, 0.2) is 81.1 Å². The first kappa shape index (κ1) is 18.3. The Morgan fingerprint density at radius 1 is 0.923 bits per heavy atom. The second-order valence-corrected chi connectivity index (χ2v) is 8.86. The topological polar surface area (TPSA) is 46.5 Å². The van der Waals surface area contributed by atoms with E-state index in [1.807, 2.05) is 37.3 Å². The molecule has 0 spiro atoms. The number of allylic oxidation sites excluding steroid dienone is 4. The maximum absolute atomic E-state index is 12.6. The third kappa shape index (κ3) is 3.56. The molecule has 1 aliphatic carbocycles. The minimum absolute atomic E-state index is 0.210. The van der Waals surface area contributed by atoms with Crippen molar-refractivity contribution in [1.82, 2.24) is 0 Å². The fraction of sp³-hybridized carbons (Fsp3) is 0.227. The van der Waals surface area contributed by atoms with Gasteiger partial charge in [0, 0.05) is 11.6 Å². The van der Waals surface area contributed by atoms with E-state index in [0.29, 0.717) is 0 Å². The predicted molar refractivity (Wildman–Crippen MR) is 108 cm³/mol. The van der Waals surface area contributed by atoms with Gasteiger partial charge in [0.2, 0.25) is 0 Å². The molecule has 0 saturated carbocycles. The summed E-state index contributed by atoms with van der Waals surface area (Å²) in [6.45, 7) is 8.13. The van der Waals surface area contributed by atoms with Crippen LogP contribution in [0.4, 0.5) is 0 Å². The SMILES string of the molecule is CC1=CC(C)(C)C(/C=N/S(=O)(=O)c2ccc(C)cc2)=C1c1ccccc1. The molecule has 0 fully saturated rings. The zero-order chi connectivity index (χ0) is 18.9. The van der Waals surface area contributed by atoms with Gasteiger partial charge in [-0.1, -0.05) is 68.0 Å². The molecule has 2 aromatic rings. The quantitative estimate of drug-likeness (QED) is 0.700. The van der Waals surface area contributed by atoms with Crippen LogP contribution in [-0.2, 0) is 10.0 Å². The van der Waals surface area contributed by atoms with Crippen molar-refractivity contribution >= 4 is 21.8 Å². The van der Waals surface area contributed by atoms with Crippen molar-refractivity contribution < 1.29 is 8.42 Å². The smallest absolute Gasteiger partial charge is 0.199 e. The highest BCUT2D eigenvalue weighted by atomic mass is 32.2. The summed E-state index contributed by atoms with van der Waals surface area (Å²) >= 11 is 0. The molecule has 0 saturated heterocycles. The first-order valence-corrected chi connectivity index (χ1v) is 10.0. The molecule has 26 heavy (non-hydrogen) atoms. The minimum atomic E-state index is -3.73. The summed E-state index contributed by atoms with van der Waals surface area (Å²) in [6, 6.07) is 16.8. The zero-order valence-corrected chi connectivity index (χ0v) is 16.3. The number of sulfonamides is 1. The van der Waals surface area contributed by atoms with Crippen molar-refractivity contribution in [3.05, 3.63) is 82.9 Å². The molecule has 0 bridgehead atoms. The molecule has 0 unspecified atom stereocenters. The summed E-state index contributed by atoms with van der Waals surface area (Å²) in [7, 11) is -3.73. The lowest BCUT2D eigenvalue weighted by molar-refractivity contribution is 0.597. The van der Waals surface area contributed by atoms with Gasteiger partial charge in [-0.2, -0.15) is 12.8 Å². The highest BCUT2D eigenvalue weighted by Gasteiger charge is 2.31. The maximum atomic E-state index is 12.6. The molecule has 0 aromatic heterocycles. The Labute approximate surface area is 155 Å². The van der Waals surface area contributed by atoms with Gasteiger partial charge in [0.15, 0.2) is 0 Å². The van der Waals surface area contributed by atoms with Crippen LogP contribution in [0.5, 0.6) is 0 Å². The third-order valence-electron chi connectivity index (χ3n) is 4.64. The Morgan fingerprint density at radius 3 is 2.15 bits per heavy atom. The largest absolute Gasteiger partial charge is 0.282 e. The summed E-state index contributed by atoms with van der Waals surface area (Å²) in [5, 5.41) is 0. The van der Waals surface area contributed by atoms with Crippen molar-refractivity contribution in [3.8, 4) is 0 Å². The molecule has 0 atom stereocenters. The van der Waals surface area contributed by atoms with Crippen LogP contribution in [0.25, 0.3) is 5.57 Å². The van der Waals surface area contributed by atoms with Crippen LogP contribution in [0.3, 0.4) is 0 Å². The van der Waals surface area contributed by atoms with Crippen molar-refractivity contribution in [2.24, 2.45) is 9.81 Å². The normalized spacial score (nSPS) is 17.0. The molecule has 0 N–H and O–H groups in total. The van der Waals surface area contributed by atoms with Gasteiger partial charge in [-0.25, -0.2) is 0 Å². The van der Waals surface area contributed by atoms with E-state index in [4.69, 9.17) is 0 Å². The van der Waals surface area contributed by atoms with Gasteiger partial charge < -0.3 is 0 Å². The van der Waals surface area contributed by atoms with Crippen LogP contribution in [0.1, 0.15) is 31.9 Å². The van der Waals surface area contributed by atoms with Crippen molar-refractivity contribution in [2.75, 3.05) is 0 Å². The zero-order valence-electron chi connectivity index (χ0n) is 15.5. The van der Waals surface area contributed by atoms with Crippen molar-refractivity contribution in [2.45, 2.75) is 32.6 Å². The van der Waals surface area contributed by atoms with E-state index < -0.39 is 10.0 Å². The van der Waals surface area contributed by atoms with E-state index in [1.165, 1.54) is 6.21 Å². The average Bonchev–Trinajstić information content (AvgIpc) is 2.82. The second kappa shape index (κ2) is 6.69. The fourth-order valence-electron chi connectivity index (χ4n) is 3.34. The van der Waals surface area contributed by atoms with Gasteiger partial charge in [-0.15, -0.1) is 0 Å². The second-order valence-electron chi connectivity index (χ2n) is 7.23. The maximum Gasteiger partial charge on any atom is 0.282 e. The minimum Gasteiger partial charge on any atom is -0.199 e. The standard InChI is InChI=1S/C22H23NO2S/c1-16-10-12-19(13-11-16)26(24,25)23-15-20-21(17(2)14-22(20,3)4)18-8-6-5-7-9-18/h5-15H,1-4H3/b23-15+. The van der Waals surface area contributed by atoms with Gasteiger partial charge in [0.25, 0.3) is 10.0 Å². The molecule has 3 rings (SSSR count). The molecule has 1 aliphatic rings. The Morgan fingerprint density at radius 2 is 1.54 bits per heavy atom. The van der Waals surface area contributed by atoms with Gasteiger partial charge >= 0.3 is 0 Å². The van der Waals surface area contributed by atoms with Gasteiger partial charge in [0.1, 0.15) is 0 Å². The van der Waals surface area contributed by atoms with Crippen molar-refractivity contribution in [1.29, 1.82) is 0 Å². The molecule has 3 nitrogen and oxygen atoms in total. The Hall–Kier alpha value is -2.46. The lowest BCUT2D eigenvalue weighted by Crippen LogP contribution is -2.11. The van der Waals surface area contributed by atoms with E-state index in [1.54, 1.807) is 24.3 Å². The van der Waals surface area contributed by atoms with Gasteiger partial charge in [-0.3, -0.25) is 0 Å². The molecule has 4 heteroatoms. The average molecular weight is 365 g/mol. The molecule has 0 amide bonds. The summed E-state index contributed by atoms with van der Waals surface area (Å²) in [6.07, 6.45) is 3.68. The van der Waals surface area contributed by atoms with E-state index in [9.17, 15) is 8.42 Å². The van der Waals surface area contributed by atoms with Crippen LogP contribution in [0, 0.1) is 12.3 Å². The Balaban J connectivity index is 2.07. The molecular formula is C22H23NO2S. The van der Waals surface area contributed by atoms with Crippen molar-refractivity contribution in [3.63, 3.8) is 0 Å². The lowest BCUT2D eigenvalue weighted by atomic mass is 9.86. The summed E-state index contributed by atoms with van der Waals surface area (Å²) in [5.74, 6) is 0. The van der Waals surface area contributed by atoms with Gasteiger partial charge in [-0.05, 0) is 48.3 Å². The van der Waals surface area contributed by atoms with E-state index in [0.717, 1.165) is 27.8 Å². The molecule has 0 aliphatic heterocycles. The monoisotopic (exact) mass is 365 g/mol. The molecular weight excluding hydrogens is 342 g/mol. The summed E-state index contributed by atoms with van der Waals surface area (Å²) in [4.78, 5) is 0.210. The predicted octanol–water partition coefficient (Wildman–Crippen LogP) is 5.19. The summed E-state index contributed by atoms with van der Waals surface area (Å²) in [5.41, 5.74) is 4.91. The molecule has 2 aromatic carbocycles. The first-order valence-electron chi connectivity index (χ1n) is 8.58. The molecule has 134 valence electrons. The number of aryl methyl sites for hydroxylation is 1. The fourth-order valence-corrected chi connectivity index (χ4v) is 4.18. The van der Waals surface area contributed by atoms with Crippen LogP contribution >= 0.6 is 0 Å². The molecule has 0 radical (unpaired) electrons. The number of hydrogen-bond donors (Lipinski definition) is 0. The van der Waals surface area contributed by atoms with E-state index >= 15 is 0 Å². The Kier molecular flexibility index (Phi) is 4.72. The third-order valence-corrected chi connectivity index (χ3v) is 5.89. The van der Waals surface area contributed by atoms with Gasteiger partial charge in [0.05, 0.1) is 4.90 Å². The van der Waals surface area contributed by atoms with Crippen LogP contribution in [0.2, 0.25) is 0 Å². The first-order chi connectivity index (χ1) is 12.2. The van der Waals surface area contributed by atoms with Crippen LogP contribution < -0.4 is 0 Å². The number of nitrogens with zero attached hydrogens (tertiary/aromatic N) is 1. The number of rotatable bonds is 4. The number of hydrogen-bond acceptors (Lipinski definition) is 2. The highest BCUT2D eigenvalue weighted by molar-refractivity contribution is 7.90. The lowest BCUT2D eigenvalue weighted by Gasteiger charge is -2.18. The molecule has 0 heterocycles. The number of benzene rings is 2.